The van der Waals surface area contributed by atoms with E-state index in [2.05, 4.69) is 9.97 Å². The van der Waals surface area contributed by atoms with Gasteiger partial charge in [-0.3, -0.25) is 9.69 Å². The van der Waals surface area contributed by atoms with Crippen molar-refractivity contribution in [3.63, 3.8) is 0 Å². The van der Waals surface area contributed by atoms with Crippen LogP contribution in [0.3, 0.4) is 0 Å². The van der Waals surface area contributed by atoms with Crippen LogP contribution < -0.4 is 4.31 Å². The van der Waals surface area contributed by atoms with E-state index in [9.17, 15) is 22.7 Å². The Morgan fingerprint density at radius 2 is 1.84 bits per heavy atom. The monoisotopic (exact) mass is 550 g/mol. The lowest BCUT2D eigenvalue weighted by Gasteiger charge is -2.42. The number of anilines is 1. The first-order chi connectivity index (χ1) is 17.6. The average Bonchev–Trinajstić information content (AvgIpc) is 2.80. The first-order valence-electron chi connectivity index (χ1n) is 12.1. The highest BCUT2D eigenvalue weighted by Crippen LogP contribution is 2.33. The number of sulfonamides is 1. The van der Waals surface area contributed by atoms with Crippen LogP contribution in [-0.2, 0) is 24.3 Å². The molecule has 0 bridgehead atoms. The van der Waals surface area contributed by atoms with Gasteiger partial charge in [0.15, 0.2) is 5.79 Å². The molecular weight excluding hydrogens is 515 g/mol. The predicted octanol–water partition coefficient (Wildman–Crippen LogP) is 3.70. The van der Waals surface area contributed by atoms with Crippen molar-refractivity contribution in [1.82, 2.24) is 14.9 Å². The van der Waals surface area contributed by atoms with Gasteiger partial charge >= 0.3 is 5.97 Å². The molecule has 10 nitrogen and oxygen atoms in total. The maximum atomic E-state index is 13.7. The zero-order chi connectivity index (χ0) is 28.4. The zero-order valence-electron chi connectivity index (χ0n) is 22.7. The number of ether oxygens (including phenoxy) is 2. The second-order valence-corrected chi connectivity index (χ2v) is 12.1. The summed E-state index contributed by atoms with van der Waals surface area (Å²) in [6.07, 6.45) is 4.18. The molecule has 208 valence electrons. The third-order valence-electron chi connectivity index (χ3n) is 6.05. The summed E-state index contributed by atoms with van der Waals surface area (Å²) in [4.78, 5) is 22.0. The number of aliphatic carboxylic acids is 1. The van der Waals surface area contributed by atoms with Crippen molar-refractivity contribution in [2.24, 2.45) is 0 Å². The van der Waals surface area contributed by atoms with Crippen LogP contribution in [0.25, 0.3) is 17.3 Å². The number of aromatic nitrogens is 2. The third-order valence-corrected chi connectivity index (χ3v) is 7.21. The quantitative estimate of drug-likeness (QED) is 0.498. The minimum Gasteiger partial charge on any atom is -0.480 e. The van der Waals surface area contributed by atoms with E-state index < -0.39 is 39.9 Å². The normalized spacial score (nSPS) is 19.8. The number of hydrogen-bond donors (Lipinski definition) is 1. The summed E-state index contributed by atoms with van der Waals surface area (Å²) in [5, 5.41) is 9.19. The van der Waals surface area contributed by atoms with E-state index in [0.29, 0.717) is 28.9 Å². The van der Waals surface area contributed by atoms with Crippen LogP contribution in [0.4, 0.5) is 10.3 Å². The van der Waals surface area contributed by atoms with Crippen molar-refractivity contribution in [3.05, 3.63) is 47.4 Å². The van der Waals surface area contributed by atoms with Gasteiger partial charge in [-0.25, -0.2) is 27.1 Å². The number of nitrogens with zero attached hydrogens (tertiary/aromatic N) is 4. The van der Waals surface area contributed by atoms with Crippen molar-refractivity contribution >= 4 is 28.0 Å². The van der Waals surface area contributed by atoms with Gasteiger partial charge in [0.05, 0.1) is 30.3 Å². The van der Waals surface area contributed by atoms with Crippen LogP contribution in [0.1, 0.15) is 51.3 Å². The maximum absolute atomic E-state index is 13.7. The molecule has 0 saturated carbocycles. The number of benzene rings is 1. The molecule has 1 aliphatic rings. The lowest BCUT2D eigenvalue weighted by molar-refractivity contribution is -0.314. The molecule has 38 heavy (non-hydrogen) atoms. The van der Waals surface area contributed by atoms with Gasteiger partial charge in [-0.15, -0.1) is 0 Å². The zero-order valence-corrected chi connectivity index (χ0v) is 23.5. The molecule has 1 aliphatic heterocycles. The number of carbonyl (C=O) groups is 1. The number of likely N-dealkylation sites (N-methyl/N-ethyl adjacent to an activating group) is 1. The minimum atomic E-state index is -3.63. The fourth-order valence-electron chi connectivity index (χ4n) is 4.12. The Morgan fingerprint density at radius 3 is 2.39 bits per heavy atom. The molecule has 1 aromatic carbocycles. The van der Waals surface area contributed by atoms with E-state index >= 15 is 0 Å². The molecule has 0 amide bonds. The van der Waals surface area contributed by atoms with Crippen LogP contribution in [0.15, 0.2) is 30.3 Å². The highest BCUT2D eigenvalue weighted by atomic mass is 32.2. The van der Waals surface area contributed by atoms with Gasteiger partial charge in [0, 0.05) is 24.6 Å². The molecule has 3 rings (SSSR count). The van der Waals surface area contributed by atoms with Crippen LogP contribution in [-0.4, -0.2) is 79.4 Å². The predicted molar refractivity (Wildman–Crippen MR) is 143 cm³/mol. The highest BCUT2D eigenvalue weighted by molar-refractivity contribution is 7.92. The van der Waals surface area contributed by atoms with Gasteiger partial charge in [0.2, 0.25) is 16.0 Å². The number of carboxylic acid groups (broad SMARTS) is 1. The van der Waals surface area contributed by atoms with Gasteiger partial charge in [-0.05, 0) is 51.1 Å². The Bertz CT molecular complexity index is 1300. The summed E-state index contributed by atoms with van der Waals surface area (Å²) in [7, 11) is -0.577. The van der Waals surface area contributed by atoms with Gasteiger partial charge < -0.3 is 14.6 Å². The Morgan fingerprint density at radius 1 is 1.21 bits per heavy atom. The standard InChI is InChI=1S/C26H35FN4O6S/c1-16(2)23-20(13-12-19-14-21(30(5)15-22(32)33)37-26(3,4)36-19)24(17-8-10-18(27)11-9-17)29-25(28-23)31(6)38(7,34)35/h8-13,16,19,21H,14-15H2,1-7H3,(H,32,33)/t19-,21-/m1/s1. The number of rotatable bonds is 9. The molecule has 0 spiro atoms. The number of hydrogen-bond acceptors (Lipinski definition) is 8. The largest absolute Gasteiger partial charge is 0.480 e. The average molecular weight is 551 g/mol. The Kier molecular flexibility index (Phi) is 8.92. The summed E-state index contributed by atoms with van der Waals surface area (Å²) >= 11 is 0. The fraction of sp³-hybridized carbons (Fsp3) is 0.500. The Labute approximate surface area is 223 Å². The smallest absolute Gasteiger partial charge is 0.317 e. The van der Waals surface area contributed by atoms with Crippen LogP contribution in [0.5, 0.6) is 0 Å². The maximum Gasteiger partial charge on any atom is 0.317 e. The van der Waals surface area contributed by atoms with Gasteiger partial charge in [0.1, 0.15) is 12.0 Å². The third kappa shape index (κ3) is 7.34. The Hall–Kier alpha value is -2.93. The van der Waals surface area contributed by atoms with E-state index in [0.717, 1.165) is 10.6 Å². The van der Waals surface area contributed by atoms with E-state index in [1.165, 1.54) is 19.2 Å². The molecule has 2 heterocycles. The first kappa shape index (κ1) is 29.6. The van der Waals surface area contributed by atoms with Crippen molar-refractivity contribution < 1.29 is 32.2 Å². The summed E-state index contributed by atoms with van der Waals surface area (Å²) < 4.78 is 51.3. The second kappa shape index (κ2) is 11.4. The minimum absolute atomic E-state index is 0.00600. The lowest BCUT2D eigenvalue weighted by atomic mass is 9.97. The van der Waals surface area contributed by atoms with E-state index in [1.807, 2.05) is 26.0 Å². The van der Waals surface area contributed by atoms with Crippen molar-refractivity contribution in [2.45, 2.75) is 58.2 Å². The molecule has 1 aromatic heterocycles. The fourth-order valence-corrected chi connectivity index (χ4v) is 4.50. The summed E-state index contributed by atoms with van der Waals surface area (Å²) in [5.74, 6) is -2.44. The SMILES string of the molecule is CC(C)c1nc(N(C)S(C)(=O)=O)nc(-c2ccc(F)cc2)c1C=C[C@@H]1C[C@H](N(C)CC(=O)O)OC(C)(C)O1. The molecule has 1 fully saturated rings. The van der Waals surface area contributed by atoms with E-state index in [-0.39, 0.29) is 18.4 Å². The Balaban J connectivity index is 2.10. The molecule has 2 atom stereocenters. The van der Waals surface area contributed by atoms with Crippen LogP contribution in [0.2, 0.25) is 0 Å². The molecule has 0 aliphatic carbocycles. The van der Waals surface area contributed by atoms with Gasteiger partial charge in [-0.2, -0.15) is 0 Å². The van der Waals surface area contributed by atoms with E-state index in [1.54, 1.807) is 37.9 Å². The van der Waals surface area contributed by atoms with Crippen molar-refractivity contribution in [2.75, 3.05) is 31.2 Å². The second-order valence-electron chi connectivity index (χ2n) is 10.1. The first-order valence-corrected chi connectivity index (χ1v) is 14.0. The van der Waals surface area contributed by atoms with Crippen molar-refractivity contribution in [1.29, 1.82) is 0 Å². The summed E-state index contributed by atoms with van der Waals surface area (Å²) in [6, 6.07) is 5.78. The number of halogens is 1. The van der Waals surface area contributed by atoms with Gasteiger partial charge in [-0.1, -0.05) is 26.0 Å². The lowest BCUT2D eigenvalue weighted by Crippen LogP contribution is -2.51. The van der Waals surface area contributed by atoms with Crippen LogP contribution in [0, 0.1) is 5.82 Å². The van der Waals surface area contributed by atoms with Crippen LogP contribution >= 0.6 is 0 Å². The molecule has 2 aromatic rings. The molecule has 0 radical (unpaired) electrons. The molecular formula is C26H35FN4O6S. The summed E-state index contributed by atoms with van der Waals surface area (Å²) in [6.45, 7) is 7.20. The van der Waals surface area contributed by atoms with E-state index in [4.69, 9.17) is 9.47 Å². The highest BCUT2D eigenvalue weighted by Gasteiger charge is 2.37. The molecule has 1 N–H and O–H groups in total. The van der Waals surface area contributed by atoms with Crippen molar-refractivity contribution in [3.8, 4) is 11.3 Å². The molecule has 1 saturated heterocycles. The van der Waals surface area contributed by atoms with Gasteiger partial charge in [0.25, 0.3) is 0 Å². The molecule has 12 heteroatoms. The molecule has 0 unspecified atom stereocenters. The topological polar surface area (TPSA) is 122 Å². The summed E-state index contributed by atoms with van der Waals surface area (Å²) in [5.41, 5.74) is 2.27. The number of carboxylic acids is 1.